The second-order valence-electron chi connectivity index (χ2n) is 6.47. The summed E-state index contributed by atoms with van der Waals surface area (Å²) in [6.45, 7) is 1.12. The van der Waals surface area contributed by atoms with E-state index in [0.717, 1.165) is 16.7 Å². The summed E-state index contributed by atoms with van der Waals surface area (Å²) in [6.07, 6.45) is 1.49. The highest BCUT2D eigenvalue weighted by Crippen LogP contribution is 2.33. The molecule has 1 saturated heterocycles. The molecule has 3 rings (SSSR count). The number of carbonyl (C=O) groups excluding carboxylic acids is 4. The largest absolute Gasteiger partial charge is 0.482 e. The first kappa shape index (κ1) is 23.4. The van der Waals surface area contributed by atoms with Crippen LogP contribution >= 0.6 is 23.4 Å². The summed E-state index contributed by atoms with van der Waals surface area (Å²) in [4.78, 5) is 49.1. The standard InChI is InChI=1S/C22H19ClN2O6S/c1-2-30-20(27)12-25-21(28)18(32-22(25)29)11-14-8-9-17(16(23)10-14)31-13-19(26)24-15-6-4-3-5-7-15/h3-11H,2,12-13H2,1H3,(H,24,26)/b18-11+. The number of amides is 3. The lowest BCUT2D eigenvalue weighted by Crippen LogP contribution is -2.34. The highest BCUT2D eigenvalue weighted by molar-refractivity contribution is 8.18. The summed E-state index contributed by atoms with van der Waals surface area (Å²) in [5.74, 6) is -1.28. The zero-order chi connectivity index (χ0) is 23.1. The minimum absolute atomic E-state index is 0.158. The Morgan fingerprint density at radius 2 is 1.91 bits per heavy atom. The van der Waals surface area contributed by atoms with Gasteiger partial charge in [0.2, 0.25) is 0 Å². The molecule has 1 aliphatic rings. The fourth-order valence-electron chi connectivity index (χ4n) is 2.71. The maximum Gasteiger partial charge on any atom is 0.326 e. The van der Waals surface area contributed by atoms with Crippen molar-refractivity contribution < 1.29 is 28.7 Å². The average Bonchev–Trinajstić information content (AvgIpc) is 3.01. The van der Waals surface area contributed by atoms with Gasteiger partial charge in [0, 0.05) is 5.69 Å². The van der Waals surface area contributed by atoms with Gasteiger partial charge in [-0.1, -0.05) is 35.9 Å². The van der Waals surface area contributed by atoms with E-state index in [1.165, 1.54) is 6.08 Å². The van der Waals surface area contributed by atoms with Crippen LogP contribution < -0.4 is 10.1 Å². The summed E-state index contributed by atoms with van der Waals surface area (Å²) in [7, 11) is 0. The van der Waals surface area contributed by atoms with Gasteiger partial charge in [-0.05, 0) is 54.6 Å². The number of carbonyl (C=O) groups is 4. The van der Waals surface area contributed by atoms with E-state index in [4.69, 9.17) is 21.1 Å². The van der Waals surface area contributed by atoms with Gasteiger partial charge in [-0.25, -0.2) is 0 Å². The molecule has 1 aliphatic heterocycles. The number of hydrogen-bond donors (Lipinski definition) is 1. The van der Waals surface area contributed by atoms with Gasteiger partial charge in [-0.15, -0.1) is 0 Å². The van der Waals surface area contributed by atoms with Crippen molar-refractivity contribution in [2.75, 3.05) is 25.1 Å². The first-order valence-corrected chi connectivity index (χ1v) is 10.7. The minimum atomic E-state index is -0.656. The Labute approximate surface area is 193 Å². The van der Waals surface area contributed by atoms with E-state index < -0.39 is 23.7 Å². The number of rotatable bonds is 8. The molecule has 2 aromatic rings. The van der Waals surface area contributed by atoms with Crippen molar-refractivity contribution in [1.82, 2.24) is 4.90 Å². The minimum Gasteiger partial charge on any atom is -0.482 e. The Bertz CT molecular complexity index is 1070. The molecular formula is C22H19ClN2O6S. The maximum atomic E-state index is 12.4. The summed E-state index contributed by atoms with van der Waals surface area (Å²) >= 11 is 6.96. The van der Waals surface area contributed by atoms with Crippen LogP contribution in [0.25, 0.3) is 6.08 Å². The molecule has 0 saturated carbocycles. The number of hydrogen-bond acceptors (Lipinski definition) is 7. The van der Waals surface area contributed by atoms with Crippen molar-refractivity contribution in [3.05, 3.63) is 64.0 Å². The first-order chi connectivity index (χ1) is 15.4. The third kappa shape index (κ3) is 6.12. The lowest BCUT2D eigenvalue weighted by Gasteiger charge is -2.11. The third-order valence-corrected chi connectivity index (χ3v) is 5.34. The van der Waals surface area contributed by atoms with E-state index in [9.17, 15) is 19.2 Å². The topological polar surface area (TPSA) is 102 Å². The van der Waals surface area contributed by atoms with Crippen LogP contribution in [-0.2, 0) is 19.1 Å². The van der Waals surface area contributed by atoms with Crippen LogP contribution in [0, 0.1) is 0 Å². The van der Waals surface area contributed by atoms with Gasteiger partial charge in [0.1, 0.15) is 12.3 Å². The SMILES string of the molecule is CCOC(=O)CN1C(=O)S/C(=C/c2ccc(OCC(=O)Nc3ccccc3)c(Cl)c2)C1=O. The summed E-state index contributed by atoms with van der Waals surface area (Å²) < 4.78 is 10.2. The number of halogens is 1. The van der Waals surface area contributed by atoms with Gasteiger partial charge in [0.05, 0.1) is 16.5 Å². The van der Waals surface area contributed by atoms with Crippen LogP contribution in [0.15, 0.2) is 53.4 Å². The Hall–Kier alpha value is -3.30. The highest BCUT2D eigenvalue weighted by atomic mass is 35.5. The Balaban J connectivity index is 1.61. The van der Waals surface area contributed by atoms with Crippen molar-refractivity contribution in [1.29, 1.82) is 0 Å². The molecular weight excluding hydrogens is 456 g/mol. The van der Waals surface area contributed by atoms with E-state index in [0.29, 0.717) is 17.0 Å². The zero-order valence-electron chi connectivity index (χ0n) is 17.0. The van der Waals surface area contributed by atoms with Crippen molar-refractivity contribution in [2.45, 2.75) is 6.92 Å². The van der Waals surface area contributed by atoms with Crippen LogP contribution in [0.3, 0.4) is 0 Å². The normalized spacial score (nSPS) is 14.6. The molecule has 1 heterocycles. The van der Waals surface area contributed by atoms with Crippen molar-refractivity contribution >= 4 is 58.1 Å². The number of imide groups is 1. The molecule has 10 heteroatoms. The number of para-hydroxylation sites is 1. The number of thioether (sulfide) groups is 1. The zero-order valence-corrected chi connectivity index (χ0v) is 18.6. The van der Waals surface area contributed by atoms with Crippen molar-refractivity contribution in [3.63, 3.8) is 0 Å². The Morgan fingerprint density at radius 3 is 2.59 bits per heavy atom. The Kier molecular flexibility index (Phi) is 7.91. The molecule has 2 aromatic carbocycles. The Morgan fingerprint density at radius 1 is 1.16 bits per heavy atom. The molecule has 8 nitrogen and oxygen atoms in total. The molecule has 1 fully saturated rings. The van der Waals surface area contributed by atoms with Gasteiger partial charge < -0.3 is 14.8 Å². The van der Waals surface area contributed by atoms with E-state index in [-0.39, 0.29) is 29.0 Å². The quantitative estimate of drug-likeness (QED) is 0.456. The summed E-state index contributed by atoms with van der Waals surface area (Å²) in [5, 5.41) is 2.38. The van der Waals surface area contributed by atoms with Crippen LogP contribution in [0.2, 0.25) is 5.02 Å². The van der Waals surface area contributed by atoms with Crippen LogP contribution in [0.1, 0.15) is 12.5 Å². The number of benzene rings is 2. The van der Waals surface area contributed by atoms with Crippen LogP contribution in [-0.4, -0.2) is 47.7 Å². The molecule has 0 atom stereocenters. The maximum absolute atomic E-state index is 12.4. The van der Waals surface area contributed by atoms with Crippen molar-refractivity contribution in [2.24, 2.45) is 0 Å². The molecule has 0 spiro atoms. The second kappa shape index (κ2) is 10.8. The van der Waals surface area contributed by atoms with Gasteiger partial charge in [0.15, 0.2) is 6.61 Å². The monoisotopic (exact) mass is 474 g/mol. The van der Waals surface area contributed by atoms with Crippen LogP contribution in [0.5, 0.6) is 5.75 Å². The van der Waals surface area contributed by atoms with E-state index >= 15 is 0 Å². The second-order valence-corrected chi connectivity index (χ2v) is 7.87. The number of ether oxygens (including phenoxy) is 2. The van der Waals surface area contributed by atoms with E-state index in [1.807, 2.05) is 6.07 Å². The fourth-order valence-corrected chi connectivity index (χ4v) is 3.79. The lowest BCUT2D eigenvalue weighted by atomic mass is 10.2. The molecule has 32 heavy (non-hydrogen) atoms. The molecule has 0 aromatic heterocycles. The number of esters is 1. The molecule has 0 aliphatic carbocycles. The van der Waals surface area contributed by atoms with E-state index in [1.54, 1.807) is 49.4 Å². The first-order valence-electron chi connectivity index (χ1n) is 9.55. The van der Waals surface area contributed by atoms with E-state index in [2.05, 4.69) is 5.32 Å². The molecule has 166 valence electrons. The summed E-state index contributed by atoms with van der Waals surface area (Å²) in [6, 6.07) is 13.7. The molecule has 0 bridgehead atoms. The number of nitrogens with one attached hydrogen (secondary N) is 1. The number of anilines is 1. The van der Waals surface area contributed by atoms with Gasteiger partial charge in [-0.3, -0.25) is 24.1 Å². The van der Waals surface area contributed by atoms with Gasteiger partial charge >= 0.3 is 5.97 Å². The van der Waals surface area contributed by atoms with Gasteiger partial charge in [0.25, 0.3) is 17.1 Å². The molecule has 3 amide bonds. The smallest absolute Gasteiger partial charge is 0.326 e. The fraction of sp³-hybridized carbons (Fsp3) is 0.182. The number of nitrogens with zero attached hydrogens (tertiary/aromatic N) is 1. The predicted octanol–water partition coefficient (Wildman–Crippen LogP) is 3.96. The molecule has 0 radical (unpaired) electrons. The summed E-state index contributed by atoms with van der Waals surface area (Å²) in [5.41, 5.74) is 1.21. The molecule has 0 unspecified atom stereocenters. The third-order valence-electron chi connectivity index (χ3n) is 4.14. The van der Waals surface area contributed by atoms with Crippen LogP contribution in [0.4, 0.5) is 10.5 Å². The van der Waals surface area contributed by atoms with Gasteiger partial charge in [-0.2, -0.15) is 0 Å². The lowest BCUT2D eigenvalue weighted by molar-refractivity contribution is -0.146. The molecule has 1 N–H and O–H groups in total. The highest BCUT2D eigenvalue weighted by Gasteiger charge is 2.36. The predicted molar refractivity (Wildman–Crippen MR) is 121 cm³/mol. The average molecular weight is 475 g/mol. The van der Waals surface area contributed by atoms with Crippen molar-refractivity contribution in [3.8, 4) is 5.75 Å².